The molecule has 0 unspecified atom stereocenters. The third-order valence-electron chi connectivity index (χ3n) is 4.05. The largest absolute Gasteiger partial charge is 0.484 e. The molecule has 2 aromatic carbocycles. The summed E-state index contributed by atoms with van der Waals surface area (Å²) < 4.78 is 6.39. The van der Waals surface area contributed by atoms with Gasteiger partial charge in [-0.15, -0.1) is 0 Å². The Morgan fingerprint density at radius 2 is 1.72 bits per heavy atom. The molecule has 0 heterocycles. The van der Waals surface area contributed by atoms with Gasteiger partial charge < -0.3 is 4.74 Å². The van der Waals surface area contributed by atoms with Gasteiger partial charge in [0, 0.05) is 10.0 Å². The molecule has 0 saturated heterocycles. The molecule has 154 valence electrons. The number of hydrogen-bond acceptors (Lipinski definition) is 4. The molecule has 2 rings (SSSR count). The van der Waals surface area contributed by atoms with E-state index in [4.69, 9.17) is 17.0 Å². The van der Waals surface area contributed by atoms with Crippen LogP contribution in [-0.2, 0) is 10.2 Å². The molecule has 0 aromatic heterocycles. The summed E-state index contributed by atoms with van der Waals surface area (Å²) in [6.07, 6.45) is 0. The molecule has 0 aliphatic rings. The number of carbonyl (C=O) groups excluding carboxylic acids is 2. The second kappa shape index (κ2) is 9.84. The van der Waals surface area contributed by atoms with Crippen molar-refractivity contribution in [2.24, 2.45) is 0 Å². The quantitative estimate of drug-likeness (QED) is 0.461. The van der Waals surface area contributed by atoms with E-state index < -0.39 is 5.91 Å². The smallest absolute Gasteiger partial charge is 0.269 e. The van der Waals surface area contributed by atoms with Gasteiger partial charge in [-0.05, 0) is 66.0 Å². The zero-order valence-corrected chi connectivity index (χ0v) is 19.2. The van der Waals surface area contributed by atoms with E-state index in [1.165, 1.54) is 0 Å². The highest BCUT2D eigenvalue weighted by Gasteiger charge is 2.14. The molecule has 8 heteroatoms. The summed E-state index contributed by atoms with van der Waals surface area (Å²) in [5.74, 6) is -0.220. The van der Waals surface area contributed by atoms with Crippen molar-refractivity contribution in [1.29, 1.82) is 0 Å². The van der Waals surface area contributed by atoms with Crippen LogP contribution in [0.25, 0.3) is 0 Å². The van der Waals surface area contributed by atoms with Crippen LogP contribution >= 0.6 is 28.1 Å². The molecule has 29 heavy (non-hydrogen) atoms. The van der Waals surface area contributed by atoms with Crippen molar-refractivity contribution in [2.45, 2.75) is 33.1 Å². The van der Waals surface area contributed by atoms with Gasteiger partial charge >= 0.3 is 0 Å². The molecule has 0 radical (unpaired) electrons. The van der Waals surface area contributed by atoms with Crippen molar-refractivity contribution in [3.05, 3.63) is 63.6 Å². The Hall–Kier alpha value is -2.45. The van der Waals surface area contributed by atoms with Crippen molar-refractivity contribution in [1.82, 2.24) is 16.2 Å². The first kappa shape index (κ1) is 22.8. The first-order valence-corrected chi connectivity index (χ1v) is 10.2. The lowest BCUT2D eigenvalue weighted by molar-refractivity contribution is -0.121. The highest BCUT2D eigenvalue weighted by Crippen LogP contribution is 2.22. The van der Waals surface area contributed by atoms with Gasteiger partial charge in [-0.2, -0.15) is 0 Å². The number of benzene rings is 2. The molecular formula is C21H24BrN3O3S. The lowest BCUT2D eigenvalue weighted by Crippen LogP contribution is -2.49. The minimum Gasteiger partial charge on any atom is -0.484 e. The number of amides is 2. The van der Waals surface area contributed by atoms with Crippen LogP contribution in [0.5, 0.6) is 5.75 Å². The number of ether oxygens (including phenoxy) is 1. The standard InChI is InChI=1S/C21H24BrN3O3S/c1-13-11-16(9-10-17(13)22)28-12-18(26)23-20(29)25-24-19(27)14-5-7-15(8-6-14)21(2,3)4/h5-11H,12H2,1-4H3,(H,24,27)(H2,23,25,26,29). The predicted octanol–water partition coefficient (Wildman–Crippen LogP) is 3.77. The van der Waals surface area contributed by atoms with E-state index in [-0.39, 0.29) is 23.0 Å². The Balaban J connectivity index is 1.77. The summed E-state index contributed by atoms with van der Waals surface area (Å²) in [7, 11) is 0. The van der Waals surface area contributed by atoms with Crippen molar-refractivity contribution in [2.75, 3.05) is 6.61 Å². The molecule has 3 N–H and O–H groups in total. The zero-order chi connectivity index (χ0) is 21.6. The Morgan fingerprint density at radius 3 is 2.31 bits per heavy atom. The number of rotatable bonds is 4. The van der Waals surface area contributed by atoms with E-state index >= 15 is 0 Å². The van der Waals surface area contributed by atoms with Crippen molar-refractivity contribution in [3.8, 4) is 5.75 Å². The first-order valence-electron chi connectivity index (χ1n) is 8.96. The first-order chi connectivity index (χ1) is 13.6. The van der Waals surface area contributed by atoms with Crippen molar-refractivity contribution >= 4 is 45.1 Å². The van der Waals surface area contributed by atoms with Gasteiger partial charge in [-0.1, -0.05) is 48.8 Å². The van der Waals surface area contributed by atoms with Gasteiger partial charge in [0.05, 0.1) is 0 Å². The second-order valence-electron chi connectivity index (χ2n) is 7.48. The van der Waals surface area contributed by atoms with E-state index in [2.05, 4.69) is 52.9 Å². The van der Waals surface area contributed by atoms with Crippen LogP contribution in [0.15, 0.2) is 46.9 Å². The summed E-state index contributed by atoms with van der Waals surface area (Å²) in [6.45, 7) is 8.03. The molecule has 0 fully saturated rings. The molecule has 0 spiro atoms. The fraction of sp³-hybridized carbons (Fsp3) is 0.286. The van der Waals surface area contributed by atoms with E-state index in [0.717, 1.165) is 15.6 Å². The van der Waals surface area contributed by atoms with Gasteiger partial charge in [-0.25, -0.2) is 0 Å². The van der Waals surface area contributed by atoms with Crippen LogP contribution in [0.1, 0.15) is 42.3 Å². The number of nitrogens with one attached hydrogen (secondary N) is 3. The molecule has 0 atom stereocenters. The van der Waals surface area contributed by atoms with Gasteiger partial charge in [-0.3, -0.25) is 25.8 Å². The van der Waals surface area contributed by atoms with Gasteiger partial charge in [0.1, 0.15) is 5.75 Å². The predicted molar refractivity (Wildman–Crippen MR) is 121 cm³/mol. The minimum absolute atomic E-state index is 0.0100. The molecule has 2 aromatic rings. The number of thiocarbonyl (C=S) groups is 1. The monoisotopic (exact) mass is 477 g/mol. The van der Waals surface area contributed by atoms with Crippen LogP contribution in [-0.4, -0.2) is 23.5 Å². The highest BCUT2D eigenvalue weighted by atomic mass is 79.9. The topological polar surface area (TPSA) is 79.5 Å². The Bertz CT molecular complexity index is 908. The van der Waals surface area contributed by atoms with E-state index in [9.17, 15) is 9.59 Å². The summed E-state index contributed by atoms with van der Waals surface area (Å²) in [5.41, 5.74) is 7.59. The Labute approximate surface area is 184 Å². The van der Waals surface area contributed by atoms with Gasteiger partial charge in [0.25, 0.3) is 11.8 Å². The number of hydrogen-bond donors (Lipinski definition) is 3. The fourth-order valence-corrected chi connectivity index (χ4v) is 2.77. The van der Waals surface area contributed by atoms with Crippen LogP contribution in [0.3, 0.4) is 0 Å². The maximum absolute atomic E-state index is 12.2. The van der Waals surface area contributed by atoms with E-state index in [1.807, 2.05) is 31.2 Å². The lowest BCUT2D eigenvalue weighted by atomic mass is 9.87. The van der Waals surface area contributed by atoms with E-state index in [1.54, 1.807) is 18.2 Å². The number of aryl methyl sites for hydroxylation is 1. The van der Waals surface area contributed by atoms with Crippen LogP contribution in [0, 0.1) is 6.92 Å². The van der Waals surface area contributed by atoms with Crippen LogP contribution in [0.4, 0.5) is 0 Å². The zero-order valence-electron chi connectivity index (χ0n) is 16.8. The highest BCUT2D eigenvalue weighted by molar-refractivity contribution is 9.10. The Kier molecular flexibility index (Phi) is 7.75. The number of halogens is 1. The van der Waals surface area contributed by atoms with Crippen LogP contribution in [0.2, 0.25) is 0 Å². The van der Waals surface area contributed by atoms with Crippen molar-refractivity contribution < 1.29 is 14.3 Å². The Morgan fingerprint density at radius 1 is 1.07 bits per heavy atom. The molecule has 0 saturated carbocycles. The molecule has 0 aliphatic carbocycles. The third kappa shape index (κ3) is 7.14. The second-order valence-corrected chi connectivity index (χ2v) is 8.75. The minimum atomic E-state index is -0.438. The van der Waals surface area contributed by atoms with E-state index in [0.29, 0.717) is 11.3 Å². The maximum atomic E-state index is 12.2. The SMILES string of the molecule is Cc1cc(OCC(=O)NC(=S)NNC(=O)c2ccc(C(C)(C)C)cc2)ccc1Br. The molecule has 0 aliphatic heterocycles. The van der Waals surface area contributed by atoms with Crippen LogP contribution < -0.4 is 20.9 Å². The average Bonchev–Trinajstić information content (AvgIpc) is 2.66. The molecule has 0 bridgehead atoms. The number of hydrazine groups is 1. The third-order valence-corrected chi connectivity index (χ3v) is 5.15. The van der Waals surface area contributed by atoms with Gasteiger partial charge in [0.15, 0.2) is 11.7 Å². The normalized spacial score (nSPS) is 10.8. The maximum Gasteiger partial charge on any atom is 0.269 e. The summed E-state index contributed by atoms with van der Waals surface area (Å²) in [6, 6.07) is 12.7. The molecule has 2 amide bonds. The fourth-order valence-electron chi connectivity index (χ4n) is 2.36. The summed E-state index contributed by atoms with van der Waals surface area (Å²) in [4.78, 5) is 24.1. The number of carbonyl (C=O) groups is 2. The average molecular weight is 478 g/mol. The molecule has 6 nitrogen and oxygen atoms in total. The molecular weight excluding hydrogens is 454 g/mol. The van der Waals surface area contributed by atoms with Crippen molar-refractivity contribution in [3.63, 3.8) is 0 Å². The summed E-state index contributed by atoms with van der Waals surface area (Å²) >= 11 is 8.42. The summed E-state index contributed by atoms with van der Waals surface area (Å²) in [5, 5.41) is 2.42. The lowest BCUT2D eigenvalue weighted by Gasteiger charge is -2.19. The van der Waals surface area contributed by atoms with Gasteiger partial charge in [0.2, 0.25) is 0 Å².